The number of fused-ring (bicyclic) bond motifs is 3. The van der Waals surface area contributed by atoms with Crippen LogP contribution >= 0.6 is 11.6 Å². The molecule has 9 heteroatoms. The lowest BCUT2D eigenvalue weighted by Crippen LogP contribution is -2.39. The molecule has 1 aromatic heterocycles. The van der Waals surface area contributed by atoms with Crippen LogP contribution in [-0.4, -0.2) is 53.8 Å². The summed E-state index contributed by atoms with van der Waals surface area (Å²) in [4.78, 5) is 26.1. The number of nitrogens with zero attached hydrogens (tertiary/aromatic N) is 2. The summed E-state index contributed by atoms with van der Waals surface area (Å²) in [7, 11) is 3.21. The summed E-state index contributed by atoms with van der Waals surface area (Å²) in [6, 6.07) is 15.5. The molecular weight excluding hydrogens is 520 g/mol. The van der Waals surface area contributed by atoms with Gasteiger partial charge in [0.25, 0.3) is 0 Å². The Morgan fingerprint density at radius 3 is 2.56 bits per heavy atom. The van der Waals surface area contributed by atoms with Crippen LogP contribution in [0, 0.1) is 5.92 Å². The van der Waals surface area contributed by atoms with E-state index >= 15 is 0 Å². The highest BCUT2D eigenvalue weighted by molar-refractivity contribution is 6.30. The molecule has 8 nitrogen and oxygen atoms in total. The van der Waals surface area contributed by atoms with Gasteiger partial charge in [-0.3, -0.25) is 9.59 Å². The zero-order valence-electron chi connectivity index (χ0n) is 22.1. The monoisotopic (exact) mass is 552 g/mol. The van der Waals surface area contributed by atoms with E-state index in [9.17, 15) is 9.59 Å². The minimum Gasteiger partial charge on any atom is -0.493 e. The van der Waals surface area contributed by atoms with Crippen LogP contribution in [0.1, 0.15) is 61.1 Å². The van der Waals surface area contributed by atoms with Crippen molar-refractivity contribution in [2.75, 3.05) is 27.3 Å². The van der Waals surface area contributed by atoms with Crippen LogP contribution in [0.5, 0.6) is 11.5 Å². The van der Waals surface area contributed by atoms with Crippen molar-refractivity contribution in [2.45, 2.75) is 44.3 Å². The highest BCUT2D eigenvalue weighted by Gasteiger charge is 2.34. The van der Waals surface area contributed by atoms with Gasteiger partial charge in [0.1, 0.15) is 6.10 Å². The first kappa shape index (κ1) is 27.1. The van der Waals surface area contributed by atoms with Crippen molar-refractivity contribution in [1.82, 2.24) is 9.47 Å². The molecule has 3 aromatic rings. The molecule has 0 radical (unpaired) electrons. The van der Waals surface area contributed by atoms with E-state index in [-0.39, 0.29) is 24.3 Å². The number of carbonyl (C=O) groups excluding carboxylic acids is 1. The molecule has 2 aromatic carbocycles. The first-order chi connectivity index (χ1) is 18.9. The zero-order valence-corrected chi connectivity index (χ0v) is 22.9. The number of carboxylic acids is 1. The highest BCUT2D eigenvalue weighted by atomic mass is 35.5. The first-order valence-corrected chi connectivity index (χ1v) is 13.6. The average Bonchev–Trinajstić information content (AvgIpc) is 3.38. The van der Waals surface area contributed by atoms with Crippen molar-refractivity contribution in [1.29, 1.82) is 0 Å². The molecule has 3 heterocycles. The molecule has 0 spiro atoms. The standard InChI is InChI=1S/C30H33ClN2O6/c1-37-26-7-3-5-21(30(26)38-2)29-22-18-20(31)8-9-23(22)33-14-4-6-24(33)25(39-29)10-11-27(34)32-15-12-19(13-16-32)17-28(35)36/h3-9,14,18-19,25,29H,10-13,15-17H2,1-2H3,(H,35,36)/t25-,29-/m1/s1. The predicted octanol–water partition coefficient (Wildman–Crippen LogP) is 5.80. The molecule has 5 rings (SSSR count). The Morgan fingerprint density at radius 1 is 1.05 bits per heavy atom. The number of rotatable bonds is 8. The predicted molar refractivity (Wildman–Crippen MR) is 147 cm³/mol. The van der Waals surface area contributed by atoms with Gasteiger partial charge in [-0.15, -0.1) is 0 Å². The summed E-state index contributed by atoms with van der Waals surface area (Å²) < 4.78 is 20.3. The summed E-state index contributed by atoms with van der Waals surface area (Å²) in [5.74, 6) is 0.596. The van der Waals surface area contributed by atoms with E-state index in [2.05, 4.69) is 4.57 Å². The summed E-state index contributed by atoms with van der Waals surface area (Å²) in [6.45, 7) is 1.18. The lowest BCUT2D eigenvalue weighted by Gasteiger charge is -2.32. The van der Waals surface area contributed by atoms with Gasteiger partial charge in [0, 0.05) is 48.3 Å². The number of amides is 1. The quantitative estimate of drug-likeness (QED) is 0.380. The fourth-order valence-corrected chi connectivity index (χ4v) is 5.94. The van der Waals surface area contributed by atoms with E-state index in [1.807, 2.05) is 59.6 Å². The topological polar surface area (TPSA) is 90.2 Å². The smallest absolute Gasteiger partial charge is 0.303 e. The van der Waals surface area contributed by atoms with Gasteiger partial charge in [-0.2, -0.15) is 0 Å². The number of methoxy groups -OCH3 is 2. The van der Waals surface area contributed by atoms with E-state index in [1.165, 1.54) is 0 Å². The van der Waals surface area contributed by atoms with Gasteiger partial charge in [-0.25, -0.2) is 0 Å². The second-order valence-corrected chi connectivity index (χ2v) is 10.5. The van der Waals surface area contributed by atoms with Gasteiger partial charge in [0.05, 0.1) is 31.7 Å². The molecule has 1 saturated heterocycles. The number of hydrogen-bond donors (Lipinski definition) is 1. The third kappa shape index (κ3) is 5.63. The minimum absolute atomic E-state index is 0.0609. The van der Waals surface area contributed by atoms with Gasteiger partial charge in [0.2, 0.25) is 5.91 Å². The fraction of sp³-hybridized carbons (Fsp3) is 0.400. The second kappa shape index (κ2) is 11.7. The van der Waals surface area contributed by atoms with Crippen LogP contribution in [0.2, 0.25) is 5.02 Å². The minimum atomic E-state index is -0.780. The molecule has 1 fully saturated rings. The lowest BCUT2D eigenvalue weighted by molar-refractivity contribution is -0.138. The van der Waals surface area contributed by atoms with Crippen LogP contribution in [0.15, 0.2) is 54.7 Å². The molecular formula is C30H33ClN2O6. The maximum absolute atomic E-state index is 13.2. The van der Waals surface area contributed by atoms with Crippen molar-refractivity contribution >= 4 is 23.5 Å². The second-order valence-electron chi connectivity index (χ2n) is 10.1. The zero-order chi connectivity index (χ0) is 27.5. The number of ether oxygens (including phenoxy) is 3. The molecule has 2 atom stereocenters. The van der Waals surface area contributed by atoms with Crippen LogP contribution in [0.3, 0.4) is 0 Å². The number of aromatic nitrogens is 1. The summed E-state index contributed by atoms with van der Waals surface area (Å²) in [5, 5.41) is 9.68. The highest BCUT2D eigenvalue weighted by Crippen LogP contribution is 2.46. The largest absolute Gasteiger partial charge is 0.493 e. The summed E-state index contributed by atoms with van der Waals surface area (Å²) in [6.07, 6.45) is 3.51. The average molecular weight is 553 g/mol. The number of hydrogen-bond acceptors (Lipinski definition) is 5. The molecule has 2 aliphatic heterocycles. The van der Waals surface area contributed by atoms with E-state index < -0.39 is 12.1 Å². The van der Waals surface area contributed by atoms with E-state index in [0.29, 0.717) is 55.3 Å². The number of halogens is 1. The molecule has 0 aliphatic carbocycles. The van der Waals surface area contributed by atoms with Crippen molar-refractivity contribution < 1.29 is 28.9 Å². The number of carboxylic acid groups (broad SMARTS) is 1. The van der Waals surface area contributed by atoms with Crippen molar-refractivity contribution in [2.24, 2.45) is 5.92 Å². The summed E-state index contributed by atoms with van der Waals surface area (Å²) >= 11 is 6.48. The Morgan fingerprint density at radius 2 is 1.85 bits per heavy atom. The third-order valence-corrected chi connectivity index (χ3v) is 7.94. The Bertz CT molecular complexity index is 1350. The maximum atomic E-state index is 13.2. The van der Waals surface area contributed by atoms with E-state index in [1.54, 1.807) is 14.2 Å². The van der Waals surface area contributed by atoms with Crippen LogP contribution < -0.4 is 9.47 Å². The van der Waals surface area contributed by atoms with Crippen molar-refractivity contribution in [3.63, 3.8) is 0 Å². The first-order valence-electron chi connectivity index (χ1n) is 13.2. The van der Waals surface area contributed by atoms with Crippen LogP contribution in [-0.2, 0) is 14.3 Å². The third-order valence-electron chi connectivity index (χ3n) is 7.71. The SMILES string of the molecule is COc1cccc([C@H]2O[C@H](CCC(=O)N3CCC(CC(=O)O)CC3)c3cccn3-c3ccc(Cl)cc32)c1OC. The summed E-state index contributed by atoms with van der Waals surface area (Å²) in [5.41, 5.74) is 3.60. The lowest BCUT2D eigenvalue weighted by atomic mass is 9.93. The number of piperidine rings is 1. The van der Waals surface area contributed by atoms with E-state index in [0.717, 1.165) is 22.5 Å². The van der Waals surface area contributed by atoms with Gasteiger partial charge in [-0.1, -0.05) is 23.7 Å². The number of benzene rings is 2. The van der Waals surface area contributed by atoms with Gasteiger partial charge in [-0.05, 0) is 61.6 Å². The number of carbonyl (C=O) groups is 2. The fourth-order valence-electron chi connectivity index (χ4n) is 5.76. The Labute approximate surface area is 233 Å². The van der Waals surface area contributed by atoms with Crippen LogP contribution in [0.4, 0.5) is 0 Å². The Hall–Kier alpha value is -3.49. The molecule has 206 valence electrons. The van der Waals surface area contributed by atoms with Gasteiger partial charge < -0.3 is 28.8 Å². The molecule has 1 amide bonds. The number of aliphatic carboxylic acids is 1. The maximum Gasteiger partial charge on any atom is 0.303 e. The van der Waals surface area contributed by atoms with E-state index in [4.69, 9.17) is 30.9 Å². The van der Waals surface area contributed by atoms with Gasteiger partial charge >= 0.3 is 5.97 Å². The molecule has 0 unspecified atom stereocenters. The molecule has 2 aliphatic rings. The van der Waals surface area contributed by atoms with Crippen LogP contribution in [0.25, 0.3) is 5.69 Å². The molecule has 0 saturated carbocycles. The normalized spacial score (nSPS) is 19.1. The van der Waals surface area contributed by atoms with Crippen molar-refractivity contribution in [3.05, 3.63) is 76.6 Å². The molecule has 0 bridgehead atoms. The molecule has 39 heavy (non-hydrogen) atoms. The van der Waals surface area contributed by atoms with Gasteiger partial charge in [0.15, 0.2) is 11.5 Å². The van der Waals surface area contributed by atoms with Crippen molar-refractivity contribution in [3.8, 4) is 17.2 Å². The number of para-hydroxylation sites is 1. The number of likely N-dealkylation sites (tertiary alicyclic amines) is 1. The Balaban J connectivity index is 1.42. The molecule has 1 N–H and O–H groups in total. The Kier molecular flexibility index (Phi) is 8.14.